The summed E-state index contributed by atoms with van der Waals surface area (Å²) in [4.78, 5) is 24.4. The fourth-order valence-electron chi connectivity index (χ4n) is 3.19. The molecule has 1 aromatic heterocycles. The van der Waals surface area contributed by atoms with E-state index >= 15 is 0 Å². The zero-order valence-corrected chi connectivity index (χ0v) is 15.6. The second kappa shape index (κ2) is 6.96. The number of amidine groups is 1. The predicted octanol–water partition coefficient (Wildman–Crippen LogP) is 3.25. The van der Waals surface area contributed by atoms with Crippen LogP contribution in [0.1, 0.15) is 29.7 Å². The lowest BCUT2D eigenvalue weighted by Crippen LogP contribution is -2.30. The van der Waals surface area contributed by atoms with Crippen molar-refractivity contribution in [2.75, 3.05) is 13.1 Å². The normalized spacial score (nSPS) is 17.2. The summed E-state index contributed by atoms with van der Waals surface area (Å²) in [5.41, 5.74) is 4.24. The molecule has 0 aliphatic carbocycles. The number of carbonyl (C=O) groups is 1. The number of allylic oxidation sites excluding steroid dienone is 1. The van der Waals surface area contributed by atoms with Gasteiger partial charge < -0.3 is 10.2 Å². The summed E-state index contributed by atoms with van der Waals surface area (Å²) >= 11 is 1.46. The van der Waals surface area contributed by atoms with E-state index < -0.39 is 0 Å². The summed E-state index contributed by atoms with van der Waals surface area (Å²) in [6.45, 7) is 5.71. The van der Waals surface area contributed by atoms with Crippen LogP contribution < -0.4 is 5.32 Å². The number of aryl methyl sites for hydroxylation is 1. The van der Waals surface area contributed by atoms with Crippen LogP contribution in [0.4, 0.5) is 0 Å². The highest BCUT2D eigenvalue weighted by molar-refractivity contribution is 8.18. The molecule has 1 aromatic carbocycles. The molecule has 5 nitrogen and oxygen atoms in total. The molecule has 3 heterocycles. The number of thioether (sulfide) groups is 1. The van der Waals surface area contributed by atoms with E-state index in [1.807, 2.05) is 19.1 Å². The smallest absolute Gasteiger partial charge is 0.260 e. The third-order valence-corrected chi connectivity index (χ3v) is 5.88. The van der Waals surface area contributed by atoms with Crippen molar-refractivity contribution in [2.24, 2.45) is 4.99 Å². The molecule has 26 heavy (non-hydrogen) atoms. The zero-order valence-electron chi connectivity index (χ0n) is 14.8. The van der Waals surface area contributed by atoms with E-state index in [1.165, 1.54) is 17.3 Å². The Morgan fingerprint density at radius 1 is 1.12 bits per heavy atom. The van der Waals surface area contributed by atoms with Crippen molar-refractivity contribution in [3.8, 4) is 0 Å². The maximum absolute atomic E-state index is 13.0. The van der Waals surface area contributed by atoms with Gasteiger partial charge in [-0.15, -0.1) is 0 Å². The number of aromatic nitrogens is 1. The number of hydrogen-bond donors (Lipinski definition) is 1. The van der Waals surface area contributed by atoms with Crippen LogP contribution >= 0.6 is 11.8 Å². The van der Waals surface area contributed by atoms with Gasteiger partial charge in [0.1, 0.15) is 0 Å². The number of nitrogens with one attached hydrogen (secondary N) is 1. The van der Waals surface area contributed by atoms with Gasteiger partial charge in [0.05, 0.1) is 17.5 Å². The summed E-state index contributed by atoms with van der Waals surface area (Å²) in [5, 5.41) is 4.14. The average Bonchev–Trinajstić information content (AvgIpc) is 3.24. The number of amides is 1. The highest BCUT2D eigenvalue weighted by atomic mass is 32.2. The maximum atomic E-state index is 13.0. The molecule has 0 unspecified atom stereocenters. The van der Waals surface area contributed by atoms with Crippen molar-refractivity contribution in [3.63, 3.8) is 0 Å². The Bertz CT molecular complexity index is 890. The van der Waals surface area contributed by atoms with E-state index in [0.29, 0.717) is 0 Å². The highest BCUT2D eigenvalue weighted by Crippen LogP contribution is 2.36. The molecule has 1 N–H and O–H groups in total. The fraction of sp³-hybridized carbons (Fsp3) is 0.250. The van der Waals surface area contributed by atoms with Crippen LogP contribution in [-0.2, 0) is 4.79 Å². The minimum atomic E-state index is -0.218. The van der Waals surface area contributed by atoms with E-state index in [1.54, 1.807) is 12.4 Å². The van der Waals surface area contributed by atoms with Gasteiger partial charge in [0.25, 0.3) is 5.91 Å². The molecule has 2 aliphatic heterocycles. The van der Waals surface area contributed by atoms with Gasteiger partial charge in [-0.1, -0.05) is 29.8 Å². The topological polar surface area (TPSA) is 57.6 Å². The number of aliphatic imine (C=N–C) groups is 1. The van der Waals surface area contributed by atoms with Gasteiger partial charge in [0.2, 0.25) is 0 Å². The molecule has 0 saturated heterocycles. The first-order valence-electron chi connectivity index (χ1n) is 8.61. The zero-order chi connectivity index (χ0) is 18.1. The van der Waals surface area contributed by atoms with E-state index in [-0.39, 0.29) is 11.9 Å². The quantitative estimate of drug-likeness (QED) is 0.905. The summed E-state index contributed by atoms with van der Waals surface area (Å²) in [6, 6.07) is 11.9. The first kappa shape index (κ1) is 16.8. The van der Waals surface area contributed by atoms with Crippen LogP contribution in [0, 0.1) is 6.92 Å². The number of nitrogens with zero attached hydrogens (tertiary/aromatic N) is 3. The van der Waals surface area contributed by atoms with Crippen LogP contribution in [0.15, 0.2) is 64.4 Å². The molecular formula is C20H20N4OS. The standard InChI is InChI=1S/C20H20N4OS/c1-13-3-5-15(6-4-13)17(16-7-9-21-10-8-16)23-19(25)18-14(2)24-12-11-22-20(24)26-18/h3-10,17H,11-12H2,1-2H3,(H,23,25)/t17-/m1/s1. The molecule has 0 saturated carbocycles. The number of hydrogen-bond acceptors (Lipinski definition) is 5. The Kier molecular flexibility index (Phi) is 4.51. The first-order valence-corrected chi connectivity index (χ1v) is 9.43. The van der Waals surface area contributed by atoms with Crippen LogP contribution in [0.5, 0.6) is 0 Å². The second-order valence-electron chi connectivity index (χ2n) is 6.43. The van der Waals surface area contributed by atoms with E-state index in [0.717, 1.165) is 40.0 Å². The van der Waals surface area contributed by atoms with Crippen LogP contribution in [0.25, 0.3) is 0 Å². The van der Waals surface area contributed by atoms with Gasteiger partial charge in [-0.2, -0.15) is 0 Å². The van der Waals surface area contributed by atoms with Gasteiger partial charge in [-0.05, 0) is 48.9 Å². The largest absolute Gasteiger partial charge is 0.341 e. The summed E-state index contributed by atoms with van der Waals surface area (Å²) in [5.74, 6) is -0.0630. The summed E-state index contributed by atoms with van der Waals surface area (Å²) in [6.07, 6.45) is 3.50. The lowest BCUT2D eigenvalue weighted by atomic mass is 9.98. The van der Waals surface area contributed by atoms with Crippen molar-refractivity contribution >= 4 is 22.8 Å². The molecule has 132 valence electrons. The molecular weight excluding hydrogens is 344 g/mol. The molecule has 0 spiro atoms. The monoisotopic (exact) mass is 364 g/mol. The predicted molar refractivity (Wildman–Crippen MR) is 105 cm³/mol. The van der Waals surface area contributed by atoms with Crippen molar-refractivity contribution < 1.29 is 4.79 Å². The van der Waals surface area contributed by atoms with Crippen LogP contribution in [0.3, 0.4) is 0 Å². The van der Waals surface area contributed by atoms with E-state index in [9.17, 15) is 4.79 Å². The van der Waals surface area contributed by atoms with Gasteiger partial charge in [0, 0.05) is 24.6 Å². The third kappa shape index (κ3) is 3.12. The number of carbonyl (C=O) groups excluding carboxylic acids is 1. The lowest BCUT2D eigenvalue weighted by molar-refractivity contribution is -0.117. The van der Waals surface area contributed by atoms with E-state index in [4.69, 9.17) is 0 Å². The summed E-state index contributed by atoms with van der Waals surface area (Å²) < 4.78 is 0. The second-order valence-corrected chi connectivity index (χ2v) is 7.41. The Labute approximate surface area is 157 Å². The number of rotatable bonds is 4. The molecule has 2 aromatic rings. The van der Waals surface area contributed by atoms with Crippen molar-refractivity contribution in [2.45, 2.75) is 19.9 Å². The average molecular weight is 364 g/mol. The van der Waals surface area contributed by atoms with Crippen molar-refractivity contribution in [3.05, 3.63) is 76.1 Å². The van der Waals surface area contributed by atoms with Crippen molar-refractivity contribution in [1.82, 2.24) is 15.2 Å². The van der Waals surface area contributed by atoms with Crippen molar-refractivity contribution in [1.29, 1.82) is 0 Å². The Morgan fingerprint density at radius 3 is 2.50 bits per heavy atom. The third-order valence-electron chi connectivity index (χ3n) is 4.66. The fourth-order valence-corrected chi connectivity index (χ4v) is 4.28. The molecule has 4 rings (SSSR count). The first-order chi connectivity index (χ1) is 12.6. The lowest BCUT2D eigenvalue weighted by Gasteiger charge is -2.20. The minimum absolute atomic E-state index is 0.0630. The number of benzene rings is 1. The molecule has 2 aliphatic rings. The molecule has 0 fully saturated rings. The molecule has 1 amide bonds. The number of pyridine rings is 1. The van der Waals surface area contributed by atoms with Gasteiger partial charge in [-0.25, -0.2) is 0 Å². The maximum Gasteiger partial charge on any atom is 0.260 e. The van der Waals surface area contributed by atoms with Gasteiger partial charge in [0.15, 0.2) is 5.17 Å². The summed E-state index contributed by atoms with van der Waals surface area (Å²) in [7, 11) is 0. The Balaban J connectivity index is 1.63. The van der Waals surface area contributed by atoms with Crippen LogP contribution in [0.2, 0.25) is 0 Å². The molecule has 1 atom stereocenters. The molecule has 0 radical (unpaired) electrons. The van der Waals surface area contributed by atoms with Gasteiger partial charge in [-0.3, -0.25) is 14.8 Å². The van der Waals surface area contributed by atoms with E-state index in [2.05, 4.69) is 51.4 Å². The molecule has 6 heteroatoms. The SMILES string of the molecule is CC1=C(C(=O)N[C@@H](c2ccncc2)c2ccc(C)cc2)SC2=NCCN21. The van der Waals surface area contributed by atoms with Gasteiger partial charge >= 0.3 is 0 Å². The highest BCUT2D eigenvalue weighted by Gasteiger charge is 2.33. The Hall–Kier alpha value is -2.60. The van der Waals surface area contributed by atoms with Crippen LogP contribution in [-0.4, -0.2) is 34.0 Å². The Morgan fingerprint density at radius 2 is 1.81 bits per heavy atom. The molecule has 0 bridgehead atoms. The number of fused-ring (bicyclic) bond motifs is 1. The minimum Gasteiger partial charge on any atom is -0.341 e.